The van der Waals surface area contributed by atoms with Gasteiger partial charge >= 0.3 is 6.03 Å². The van der Waals surface area contributed by atoms with Crippen LogP contribution in [0.15, 0.2) is 97.2 Å². The van der Waals surface area contributed by atoms with E-state index in [2.05, 4.69) is 113 Å². The Balaban J connectivity index is 1.01. The molecule has 1 aliphatic rings. The lowest BCUT2D eigenvalue weighted by molar-refractivity contribution is 0.190. The zero-order chi connectivity index (χ0) is 32.5. The molecule has 0 bridgehead atoms. The number of piperidine rings is 1. The minimum Gasteiger partial charge on any atom is -0.335 e. The third kappa shape index (κ3) is 6.74. The van der Waals surface area contributed by atoms with Gasteiger partial charge in [-0.2, -0.15) is 9.61 Å². The van der Waals surface area contributed by atoms with Gasteiger partial charge < -0.3 is 10.6 Å². The molecule has 0 saturated carbocycles. The number of carbonyl (C=O) groups is 1. The van der Waals surface area contributed by atoms with Gasteiger partial charge in [0.15, 0.2) is 11.3 Å². The van der Waals surface area contributed by atoms with Gasteiger partial charge in [-0.3, -0.25) is 4.90 Å². The van der Waals surface area contributed by atoms with Crippen LogP contribution in [0, 0.1) is 6.92 Å². The van der Waals surface area contributed by atoms with Gasteiger partial charge in [0.05, 0.1) is 11.4 Å². The standard InChI is InChI=1S/C39H41N7O/c1-26-22-35-40-24-30-23-34(28-8-6-5-7-9-28)36(43-37(30)46(35)44-26)29-12-10-27(11-13-29)25-45-20-18-33(19-21-45)42-38(47)41-32-16-14-31(15-17-32)39(2,3)4/h5-17,22-24,33H,18-21,25H2,1-4H3,(H2,41,42,47). The van der Waals surface area contributed by atoms with Crippen LogP contribution < -0.4 is 10.6 Å². The Morgan fingerprint density at radius 3 is 2.32 bits per heavy atom. The van der Waals surface area contributed by atoms with Crippen LogP contribution in [0.4, 0.5) is 10.5 Å². The fourth-order valence-corrected chi connectivity index (χ4v) is 6.38. The molecule has 47 heavy (non-hydrogen) atoms. The fraction of sp³-hybridized carbons (Fsp3) is 0.282. The van der Waals surface area contributed by atoms with Crippen LogP contribution in [0.2, 0.25) is 0 Å². The molecule has 0 spiro atoms. The van der Waals surface area contributed by atoms with Gasteiger partial charge in [-0.1, -0.05) is 87.5 Å². The molecule has 4 heterocycles. The lowest BCUT2D eigenvalue weighted by Crippen LogP contribution is -2.45. The van der Waals surface area contributed by atoms with E-state index in [9.17, 15) is 4.79 Å². The maximum Gasteiger partial charge on any atom is 0.319 e. The molecule has 2 amide bonds. The molecule has 238 valence electrons. The van der Waals surface area contributed by atoms with Gasteiger partial charge in [-0.25, -0.2) is 14.8 Å². The van der Waals surface area contributed by atoms with Gasteiger partial charge in [0.2, 0.25) is 0 Å². The number of amides is 2. The average Bonchev–Trinajstić information content (AvgIpc) is 3.46. The zero-order valence-corrected chi connectivity index (χ0v) is 27.5. The number of hydrogen-bond donors (Lipinski definition) is 2. The minimum absolute atomic E-state index is 0.0861. The van der Waals surface area contributed by atoms with Crippen LogP contribution >= 0.6 is 0 Å². The zero-order valence-electron chi connectivity index (χ0n) is 27.5. The normalized spacial score (nSPS) is 14.5. The van der Waals surface area contributed by atoms with E-state index in [-0.39, 0.29) is 17.5 Å². The van der Waals surface area contributed by atoms with Crippen molar-refractivity contribution in [2.24, 2.45) is 0 Å². The summed E-state index contributed by atoms with van der Waals surface area (Å²) in [5, 5.41) is 11.8. The van der Waals surface area contributed by atoms with Crippen molar-refractivity contribution < 1.29 is 4.79 Å². The van der Waals surface area contributed by atoms with E-state index in [4.69, 9.17) is 4.98 Å². The van der Waals surface area contributed by atoms with Crippen molar-refractivity contribution >= 4 is 28.4 Å². The highest BCUT2D eigenvalue weighted by Crippen LogP contribution is 2.34. The van der Waals surface area contributed by atoms with Gasteiger partial charge in [-0.05, 0) is 60.1 Å². The molecule has 0 aliphatic carbocycles. The molecular weight excluding hydrogens is 582 g/mol. The summed E-state index contributed by atoms with van der Waals surface area (Å²) in [5.74, 6) is 0. The number of carbonyl (C=O) groups excluding carboxylic acids is 1. The molecular formula is C39H41N7O. The van der Waals surface area contributed by atoms with Gasteiger partial charge in [0.25, 0.3) is 0 Å². The topological polar surface area (TPSA) is 87.5 Å². The third-order valence-corrected chi connectivity index (χ3v) is 9.03. The lowest BCUT2D eigenvalue weighted by atomic mass is 9.87. The first-order valence-corrected chi connectivity index (χ1v) is 16.4. The molecule has 6 aromatic rings. The highest BCUT2D eigenvalue weighted by molar-refractivity contribution is 5.91. The Labute approximate surface area is 275 Å². The second kappa shape index (κ2) is 12.6. The number of urea groups is 1. The molecule has 1 saturated heterocycles. The molecule has 1 fully saturated rings. The van der Waals surface area contributed by atoms with Crippen molar-refractivity contribution in [1.29, 1.82) is 0 Å². The van der Waals surface area contributed by atoms with Crippen molar-refractivity contribution in [3.63, 3.8) is 0 Å². The van der Waals surface area contributed by atoms with Crippen LogP contribution in [0.3, 0.4) is 0 Å². The SMILES string of the molecule is Cc1cc2ncc3cc(-c4ccccc4)c(-c4ccc(CN5CCC(NC(=O)Nc6ccc(C(C)(C)C)cc6)CC5)cc4)nc3n2n1. The van der Waals surface area contributed by atoms with E-state index in [1.165, 1.54) is 11.1 Å². The Hall–Kier alpha value is -5.08. The van der Waals surface area contributed by atoms with Gasteiger partial charge in [-0.15, -0.1) is 0 Å². The van der Waals surface area contributed by atoms with Crippen LogP contribution in [0.1, 0.15) is 50.4 Å². The number of likely N-dealkylation sites (tertiary alicyclic amines) is 1. The summed E-state index contributed by atoms with van der Waals surface area (Å²) in [6.07, 6.45) is 3.73. The van der Waals surface area contributed by atoms with Gasteiger partial charge in [0.1, 0.15) is 0 Å². The predicted octanol–water partition coefficient (Wildman–Crippen LogP) is 8.00. The van der Waals surface area contributed by atoms with Crippen LogP contribution in [0.25, 0.3) is 39.1 Å². The average molecular weight is 624 g/mol. The third-order valence-electron chi connectivity index (χ3n) is 9.03. The monoisotopic (exact) mass is 623 g/mol. The number of benzene rings is 3. The van der Waals surface area contributed by atoms with Crippen molar-refractivity contribution in [1.82, 2.24) is 29.8 Å². The molecule has 8 nitrogen and oxygen atoms in total. The van der Waals surface area contributed by atoms with E-state index < -0.39 is 0 Å². The minimum atomic E-state index is -0.139. The van der Waals surface area contributed by atoms with E-state index in [1.807, 2.05) is 41.9 Å². The predicted molar refractivity (Wildman–Crippen MR) is 189 cm³/mol. The first-order valence-electron chi connectivity index (χ1n) is 16.4. The van der Waals surface area contributed by atoms with E-state index >= 15 is 0 Å². The molecule has 8 heteroatoms. The van der Waals surface area contributed by atoms with E-state index in [0.717, 1.165) is 82.9 Å². The van der Waals surface area contributed by atoms with E-state index in [0.29, 0.717) is 0 Å². The maximum absolute atomic E-state index is 12.7. The van der Waals surface area contributed by atoms with Crippen LogP contribution in [0.5, 0.6) is 0 Å². The highest BCUT2D eigenvalue weighted by atomic mass is 16.2. The van der Waals surface area contributed by atoms with E-state index in [1.54, 1.807) is 0 Å². The van der Waals surface area contributed by atoms with Gasteiger partial charge in [0, 0.05) is 60.1 Å². The Kier molecular flexibility index (Phi) is 8.20. The number of rotatable bonds is 6. The molecule has 0 unspecified atom stereocenters. The Morgan fingerprint density at radius 2 is 1.62 bits per heavy atom. The quantitative estimate of drug-likeness (QED) is 0.196. The summed E-state index contributed by atoms with van der Waals surface area (Å²) in [4.78, 5) is 25.0. The summed E-state index contributed by atoms with van der Waals surface area (Å²) in [6, 6.07) is 31.4. The molecule has 3 aromatic heterocycles. The Bertz CT molecular complexity index is 2020. The summed E-state index contributed by atoms with van der Waals surface area (Å²) in [6.45, 7) is 11.3. The van der Waals surface area contributed by atoms with Crippen molar-refractivity contribution in [2.75, 3.05) is 18.4 Å². The first kappa shape index (κ1) is 30.6. The molecule has 0 atom stereocenters. The summed E-state index contributed by atoms with van der Waals surface area (Å²) in [7, 11) is 0. The number of fused-ring (bicyclic) bond motifs is 3. The Morgan fingerprint density at radius 1 is 0.894 bits per heavy atom. The second-order valence-electron chi connectivity index (χ2n) is 13.7. The number of hydrogen-bond acceptors (Lipinski definition) is 5. The lowest BCUT2D eigenvalue weighted by Gasteiger charge is -2.32. The molecule has 0 radical (unpaired) electrons. The maximum atomic E-state index is 12.7. The number of anilines is 1. The molecule has 1 aliphatic heterocycles. The van der Waals surface area contributed by atoms with Crippen LogP contribution in [-0.2, 0) is 12.0 Å². The molecule has 3 aromatic carbocycles. The summed E-state index contributed by atoms with van der Waals surface area (Å²) in [5.41, 5.74) is 10.1. The highest BCUT2D eigenvalue weighted by Gasteiger charge is 2.22. The van der Waals surface area contributed by atoms with Crippen LogP contribution in [-0.4, -0.2) is 49.6 Å². The number of aryl methyl sites for hydroxylation is 1. The molecule has 7 rings (SSSR count). The number of aromatic nitrogens is 4. The summed E-state index contributed by atoms with van der Waals surface area (Å²) < 4.78 is 1.84. The van der Waals surface area contributed by atoms with Crippen molar-refractivity contribution in [2.45, 2.75) is 58.5 Å². The number of pyridine rings is 1. The number of nitrogens with zero attached hydrogens (tertiary/aromatic N) is 5. The largest absolute Gasteiger partial charge is 0.335 e. The molecule has 2 N–H and O–H groups in total. The number of nitrogens with one attached hydrogen (secondary N) is 2. The summed E-state index contributed by atoms with van der Waals surface area (Å²) >= 11 is 0. The van der Waals surface area contributed by atoms with Crippen molar-refractivity contribution in [3.8, 4) is 22.4 Å². The first-order chi connectivity index (χ1) is 22.7. The van der Waals surface area contributed by atoms with Crippen molar-refractivity contribution in [3.05, 3.63) is 114 Å². The second-order valence-corrected chi connectivity index (χ2v) is 13.7. The fourth-order valence-electron chi connectivity index (χ4n) is 6.38. The smallest absolute Gasteiger partial charge is 0.319 e.